The summed E-state index contributed by atoms with van der Waals surface area (Å²) in [4.78, 5) is 29.6. The Bertz CT molecular complexity index is 1040. The predicted octanol–water partition coefficient (Wildman–Crippen LogP) is 3.15. The van der Waals surface area contributed by atoms with Gasteiger partial charge in [0.25, 0.3) is 5.56 Å². The highest BCUT2D eigenvalue weighted by molar-refractivity contribution is 7.99. The van der Waals surface area contributed by atoms with E-state index in [9.17, 15) is 9.59 Å². The third-order valence-electron chi connectivity index (χ3n) is 4.31. The Labute approximate surface area is 178 Å². The highest BCUT2D eigenvalue weighted by atomic mass is 35.5. The van der Waals surface area contributed by atoms with Gasteiger partial charge in [-0.15, -0.1) is 0 Å². The maximum absolute atomic E-state index is 12.9. The molecule has 2 aromatic carbocycles. The Morgan fingerprint density at radius 1 is 1.24 bits per heavy atom. The summed E-state index contributed by atoms with van der Waals surface area (Å²) in [6, 6.07) is 15.0. The van der Waals surface area contributed by atoms with Crippen LogP contribution in [0.1, 0.15) is 5.56 Å². The van der Waals surface area contributed by atoms with Gasteiger partial charge in [0.05, 0.1) is 29.8 Å². The second-order valence-corrected chi connectivity index (χ2v) is 7.76. The number of benzene rings is 2. The van der Waals surface area contributed by atoms with Gasteiger partial charge in [-0.2, -0.15) is 0 Å². The molecule has 0 saturated heterocycles. The number of thioether (sulfide) groups is 1. The van der Waals surface area contributed by atoms with Crippen LogP contribution in [0.3, 0.4) is 0 Å². The second-order valence-electron chi connectivity index (χ2n) is 6.38. The summed E-state index contributed by atoms with van der Waals surface area (Å²) in [5.41, 5.74) is 1.51. The second kappa shape index (κ2) is 10.4. The van der Waals surface area contributed by atoms with E-state index in [4.69, 9.17) is 16.3 Å². The Balaban J connectivity index is 1.69. The number of nitrogens with one attached hydrogen (secondary N) is 1. The molecule has 1 heterocycles. The smallest absolute Gasteiger partial charge is 0.262 e. The van der Waals surface area contributed by atoms with Gasteiger partial charge in [0, 0.05) is 18.7 Å². The van der Waals surface area contributed by atoms with E-state index in [-0.39, 0.29) is 17.2 Å². The molecule has 0 unspecified atom stereocenters. The van der Waals surface area contributed by atoms with Crippen molar-refractivity contribution in [1.82, 2.24) is 14.9 Å². The molecule has 152 valence electrons. The molecule has 0 saturated carbocycles. The first kappa shape index (κ1) is 21.4. The van der Waals surface area contributed by atoms with Crippen LogP contribution in [0.25, 0.3) is 10.9 Å². The third kappa shape index (κ3) is 5.82. The fourth-order valence-electron chi connectivity index (χ4n) is 2.84. The fourth-order valence-corrected chi connectivity index (χ4v) is 3.86. The summed E-state index contributed by atoms with van der Waals surface area (Å²) in [5, 5.41) is 4.37. The largest absolute Gasteiger partial charge is 0.383 e. The van der Waals surface area contributed by atoms with Gasteiger partial charge in [-0.05, 0) is 30.2 Å². The molecule has 1 aromatic heterocycles. The molecule has 0 aliphatic rings. The van der Waals surface area contributed by atoms with Gasteiger partial charge in [0.2, 0.25) is 5.91 Å². The van der Waals surface area contributed by atoms with Crippen molar-refractivity contribution in [3.8, 4) is 0 Å². The molecule has 3 rings (SSSR count). The van der Waals surface area contributed by atoms with Crippen LogP contribution in [0.4, 0.5) is 0 Å². The van der Waals surface area contributed by atoms with E-state index in [1.54, 1.807) is 29.9 Å². The highest BCUT2D eigenvalue weighted by Crippen LogP contribution is 2.20. The number of halogens is 1. The summed E-state index contributed by atoms with van der Waals surface area (Å²) in [5.74, 6) is 0.0602. The van der Waals surface area contributed by atoms with Crippen molar-refractivity contribution < 1.29 is 9.53 Å². The molecule has 1 amide bonds. The summed E-state index contributed by atoms with van der Waals surface area (Å²) < 4.78 is 6.65. The lowest BCUT2D eigenvalue weighted by Gasteiger charge is -2.13. The third-order valence-corrected chi connectivity index (χ3v) is 5.52. The van der Waals surface area contributed by atoms with Crippen LogP contribution < -0.4 is 10.9 Å². The highest BCUT2D eigenvalue weighted by Gasteiger charge is 2.13. The number of ether oxygens (including phenoxy) is 1. The molecule has 1 N–H and O–H groups in total. The molecular formula is C21H22ClN3O3S. The zero-order valence-electron chi connectivity index (χ0n) is 16.1. The minimum Gasteiger partial charge on any atom is -0.383 e. The van der Waals surface area contributed by atoms with Crippen LogP contribution in [0.2, 0.25) is 5.02 Å². The number of aromatic nitrogens is 2. The average Bonchev–Trinajstić information content (AvgIpc) is 2.72. The minimum atomic E-state index is -0.171. The number of carbonyl (C=O) groups is 1. The van der Waals surface area contributed by atoms with Crippen LogP contribution in [0.5, 0.6) is 0 Å². The number of methoxy groups -OCH3 is 1. The van der Waals surface area contributed by atoms with Crippen molar-refractivity contribution >= 4 is 40.2 Å². The van der Waals surface area contributed by atoms with E-state index >= 15 is 0 Å². The first-order chi connectivity index (χ1) is 14.1. The molecule has 0 radical (unpaired) electrons. The lowest BCUT2D eigenvalue weighted by molar-refractivity contribution is -0.118. The zero-order valence-corrected chi connectivity index (χ0v) is 17.6. The summed E-state index contributed by atoms with van der Waals surface area (Å²) in [7, 11) is 1.58. The summed E-state index contributed by atoms with van der Waals surface area (Å²) in [6.07, 6.45) is 0.766. The molecule has 0 fully saturated rings. The Morgan fingerprint density at radius 3 is 2.79 bits per heavy atom. The SMILES string of the molecule is COCCn1c(SCC(=O)NCCc2ccccc2)nc2cc(Cl)ccc2c1=O. The van der Waals surface area contributed by atoms with Crippen LogP contribution in [-0.2, 0) is 22.5 Å². The van der Waals surface area contributed by atoms with Gasteiger partial charge in [-0.3, -0.25) is 14.2 Å². The van der Waals surface area contributed by atoms with Gasteiger partial charge in [-0.25, -0.2) is 4.98 Å². The van der Waals surface area contributed by atoms with Crippen molar-refractivity contribution in [2.75, 3.05) is 26.0 Å². The molecule has 6 nitrogen and oxygen atoms in total. The topological polar surface area (TPSA) is 73.2 Å². The molecule has 0 spiro atoms. The van der Waals surface area contributed by atoms with Gasteiger partial charge < -0.3 is 10.1 Å². The molecule has 0 atom stereocenters. The normalized spacial score (nSPS) is 11.0. The van der Waals surface area contributed by atoms with Crippen LogP contribution >= 0.6 is 23.4 Å². The molecule has 0 bridgehead atoms. The number of carbonyl (C=O) groups excluding carboxylic acids is 1. The minimum absolute atomic E-state index is 0.107. The molecular weight excluding hydrogens is 410 g/mol. The van der Waals surface area contributed by atoms with Crippen molar-refractivity contribution in [2.45, 2.75) is 18.1 Å². The van der Waals surface area contributed by atoms with Crippen LogP contribution in [-0.4, -0.2) is 41.5 Å². The van der Waals surface area contributed by atoms with E-state index in [0.717, 1.165) is 6.42 Å². The number of nitrogens with zero attached hydrogens (tertiary/aromatic N) is 2. The van der Waals surface area contributed by atoms with Gasteiger partial charge >= 0.3 is 0 Å². The Kier molecular flexibility index (Phi) is 7.69. The first-order valence-electron chi connectivity index (χ1n) is 9.21. The number of amides is 1. The van der Waals surface area contributed by atoms with E-state index < -0.39 is 0 Å². The van der Waals surface area contributed by atoms with E-state index in [1.165, 1.54) is 17.3 Å². The lowest BCUT2D eigenvalue weighted by Crippen LogP contribution is -2.29. The van der Waals surface area contributed by atoms with Gasteiger partial charge in [-0.1, -0.05) is 53.7 Å². The number of hydrogen-bond acceptors (Lipinski definition) is 5. The maximum atomic E-state index is 12.9. The molecule has 0 aliphatic carbocycles. The number of hydrogen-bond donors (Lipinski definition) is 1. The van der Waals surface area contributed by atoms with Gasteiger partial charge in [0.1, 0.15) is 0 Å². The lowest BCUT2D eigenvalue weighted by atomic mass is 10.1. The van der Waals surface area contributed by atoms with Crippen molar-refractivity contribution in [1.29, 1.82) is 0 Å². The number of fused-ring (bicyclic) bond motifs is 1. The van der Waals surface area contributed by atoms with Crippen LogP contribution in [0.15, 0.2) is 58.5 Å². The quantitative estimate of drug-likeness (QED) is 0.416. The van der Waals surface area contributed by atoms with E-state index in [1.807, 2.05) is 30.3 Å². The fraction of sp³-hybridized carbons (Fsp3) is 0.286. The Morgan fingerprint density at radius 2 is 2.03 bits per heavy atom. The van der Waals surface area contributed by atoms with Crippen molar-refractivity contribution in [3.63, 3.8) is 0 Å². The standard InChI is InChI=1S/C21H22ClN3O3S/c1-28-12-11-25-20(27)17-8-7-16(22)13-18(17)24-21(25)29-14-19(26)23-10-9-15-5-3-2-4-6-15/h2-8,13H,9-12,14H2,1H3,(H,23,26). The molecule has 0 aliphatic heterocycles. The maximum Gasteiger partial charge on any atom is 0.262 e. The molecule has 29 heavy (non-hydrogen) atoms. The molecule has 8 heteroatoms. The Hall–Kier alpha value is -2.35. The summed E-state index contributed by atoms with van der Waals surface area (Å²) in [6.45, 7) is 1.29. The van der Waals surface area contributed by atoms with E-state index in [0.29, 0.717) is 40.8 Å². The van der Waals surface area contributed by atoms with Crippen molar-refractivity contribution in [3.05, 3.63) is 69.5 Å². The van der Waals surface area contributed by atoms with Crippen LogP contribution in [0, 0.1) is 0 Å². The predicted molar refractivity (Wildman–Crippen MR) is 117 cm³/mol. The monoisotopic (exact) mass is 431 g/mol. The summed E-state index contributed by atoms with van der Waals surface area (Å²) >= 11 is 7.27. The average molecular weight is 432 g/mol. The number of rotatable bonds is 9. The van der Waals surface area contributed by atoms with Crippen molar-refractivity contribution in [2.24, 2.45) is 0 Å². The molecule has 3 aromatic rings. The first-order valence-corrected chi connectivity index (χ1v) is 10.6. The van der Waals surface area contributed by atoms with E-state index in [2.05, 4.69) is 10.3 Å². The van der Waals surface area contributed by atoms with Gasteiger partial charge in [0.15, 0.2) is 5.16 Å². The zero-order chi connectivity index (χ0) is 20.6.